The number of carboxylic acid groups (broad SMARTS) is 1. The van der Waals surface area contributed by atoms with Gasteiger partial charge in [-0.3, -0.25) is 5.21 Å². The van der Waals surface area contributed by atoms with Crippen LogP contribution in [0.2, 0.25) is 0 Å². The molecule has 4 nitrogen and oxygen atoms in total. The third-order valence-electron chi connectivity index (χ3n) is 0.369. The topological polar surface area (TPSA) is 60.8 Å². The average Bonchev–Trinajstić information content (AvgIpc) is 1.65. The molecule has 0 spiro atoms. The van der Waals surface area contributed by atoms with Gasteiger partial charge in [0.05, 0.1) is 0 Å². The Labute approximate surface area is 40.2 Å². The molecule has 0 fully saturated rings. The van der Waals surface area contributed by atoms with Crippen LogP contribution < -0.4 is 0 Å². The maximum absolute atomic E-state index is 9.54. The molecule has 7 heavy (non-hydrogen) atoms. The highest BCUT2D eigenvalue weighted by Gasteiger charge is 1.98. The van der Waals surface area contributed by atoms with Crippen molar-refractivity contribution in [1.82, 2.24) is 5.06 Å². The van der Waals surface area contributed by atoms with E-state index in [1.807, 2.05) is 0 Å². The summed E-state index contributed by atoms with van der Waals surface area (Å²) in [4.78, 5) is 9.54. The van der Waals surface area contributed by atoms with Crippen LogP contribution in [0.25, 0.3) is 0 Å². The van der Waals surface area contributed by atoms with E-state index in [4.69, 9.17) is 10.3 Å². The third kappa shape index (κ3) is 1.77. The molecular weight excluding hydrogens is 98.0 g/mol. The number of carbonyl (C=O) groups is 1. The van der Waals surface area contributed by atoms with E-state index in [9.17, 15) is 4.79 Å². The minimum atomic E-state index is -1.44. The van der Waals surface area contributed by atoms with Crippen LogP contribution in [0.15, 0.2) is 12.8 Å². The summed E-state index contributed by atoms with van der Waals surface area (Å²) in [5.74, 6) is 0. The van der Waals surface area contributed by atoms with Crippen LogP contribution in [-0.4, -0.2) is 21.5 Å². The van der Waals surface area contributed by atoms with Gasteiger partial charge in [-0.1, -0.05) is 6.58 Å². The number of rotatable bonds is 1. The van der Waals surface area contributed by atoms with Gasteiger partial charge in [0.1, 0.15) is 0 Å². The maximum atomic E-state index is 9.54. The number of hydrogen-bond acceptors (Lipinski definition) is 2. The molecule has 0 aliphatic carbocycles. The number of amides is 1. The van der Waals surface area contributed by atoms with Gasteiger partial charge >= 0.3 is 6.09 Å². The van der Waals surface area contributed by atoms with E-state index < -0.39 is 6.09 Å². The van der Waals surface area contributed by atoms with Crippen molar-refractivity contribution < 1.29 is 15.1 Å². The lowest BCUT2D eigenvalue weighted by molar-refractivity contribution is -0.0204. The Bertz CT molecular complexity index is 90.2. The smallest absolute Gasteiger partial charge is 0.435 e. The number of hydrogen-bond donors (Lipinski definition) is 2. The van der Waals surface area contributed by atoms with E-state index in [1.165, 1.54) is 0 Å². The van der Waals surface area contributed by atoms with Crippen LogP contribution in [0, 0.1) is 0 Å². The summed E-state index contributed by atoms with van der Waals surface area (Å²) in [6, 6.07) is 0. The lowest BCUT2D eigenvalue weighted by atomic mass is 10.9. The van der Waals surface area contributed by atoms with E-state index >= 15 is 0 Å². The fraction of sp³-hybridized carbons (Fsp3) is 0. The first-order valence-electron chi connectivity index (χ1n) is 1.52. The summed E-state index contributed by atoms with van der Waals surface area (Å²) in [6.07, 6.45) is -0.655. The first kappa shape index (κ1) is 5.97. The molecule has 0 radical (unpaired) electrons. The Morgan fingerprint density at radius 3 is 2.29 bits per heavy atom. The molecule has 2 N–H and O–H groups in total. The van der Waals surface area contributed by atoms with Crippen molar-refractivity contribution in [2.45, 2.75) is 0 Å². The summed E-state index contributed by atoms with van der Waals surface area (Å²) in [7, 11) is 0. The minimum Gasteiger partial charge on any atom is -0.463 e. The first-order chi connectivity index (χ1) is 3.18. The minimum absolute atomic E-state index is 0.0278. The molecule has 0 aromatic heterocycles. The van der Waals surface area contributed by atoms with Crippen LogP contribution in [0.4, 0.5) is 4.79 Å². The Morgan fingerprint density at radius 2 is 2.29 bits per heavy atom. The van der Waals surface area contributed by atoms with Crippen molar-refractivity contribution in [1.29, 1.82) is 0 Å². The molecule has 1 amide bonds. The molecule has 0 saturated carbocycles. The normalized spacial score (nSPS) is 7.57. The standard InChI is InChI=1S/C3H5NO3/c1-2-4(7)3(5)6/h2,7H,1H2,(H,5,6). The highest BCUT2D eigenvalue weighted by Crippen LogP contribution is 1.78. The summed E-state index contributed by atoms with van der Waals surface area (Å²) < 4.78 is 0. The third-order valence-corrected chi connectivity index (χ3v) is 0.369. The van der Waals surface area contributed by atoms with E-state index in [0.717, 1.165) is 6.20 Å². The number of nitrogens with zero attached hydrogens (tertiary/aromatic N) is 1. The monoisotopic (exact) mass is 103 g/mol. The van der Waals surface area contributed by atoms with Crippen LogP contribution in [0.5, 0.6) is 0 Å². The van der Waals surface area contributed by atoms with Crippen molar-refractivity contribution in [3.63, 3.8) is 0 Å². The van der Waals surface area contributed by atoms with Gasteiger partial charge in [0.15, 0.2) is 0 Å². The Kier molecular flexibility index (Phi) is 1.87. The quantitative estimate of drug-likeness (QED) is 0.375. The summed E-state index contributed by atoms with van der Waals surface area (Å²) >= 11 is 0. The second-order valence-corrected chi connectivity index (χ2v) is 0.810. The molecule has 40 valence electrons. The highest BCUT2D eigenvalue weighted by molar-refractivity contribution is 5.64. The zero-order valence-electron chi connectivity index (χ0n) is 3.53. The molecule has 4 heteroatoms. The second-order valence-electron chi connectivity index (χ2n) is 0.810. The van der Waals surface area contributed by atoms with E-state index in [0.29, 0.717) is 0 Å². The molecule has 0 saturated heterocycles. The van der Waals surface area contributed by atoms with Crippen LogP contribution in [-0.2, 0) is 0 Å². The zero-order chi connectivity index (χ0) is 5.86. The highest BCUT2D eigenvalue weighted by atomic mass is 16.6. The summed E-state index contributed by atoms with van der Waals surface area (Å²) in [5, 5.41) is 15.8. The molecule has 0 bridgehead atoms. The first-order valence-corrected chi connectivity index (χ1v) is 1.52. The summed E-state index contributed by atoms with van der Waals surface area (Å²) in [6.45, 7) is 2.98. The molecule has 0 atom stereocenters. The molecule has 0 heterocycles. The van der Waals surface area contributed by atoms with Gasteiger partial charge < -0.3 is 5.11 Å². The Morgan fingerprint density at radius 1 is 1.86 bits per heavy atom. The molecule has 0 aliphatic heterocycles. The predicted octanol–water partition coefficient (Wildman–Crippen LogP) is 0.499. The van der Waals surface area contributed by atoms with E-state index in [2.05, 4.69) is 6.58 Å². The van der Waals surface area contributed by atoms with Gasteiger partial charge in [0.25, 0.3) is 0 Å². The van der Waals surface area contributed by atoms with Crippen LogP contribution in [0.1, 0.15) is 0 Å². The zero-order valence-corrected chi connectivity index (χ0v) is 3.53. The van der Waals surface area contributed by atoms with Crippen molar-refractivity contribution in [3.05, 3.63) is 12.8 Å². The van der Waals surface area contributed by atoms with Gasteiger partial charge in [-0.2, -0.15) is 5.06 Å². The van der Waals surface area contributed by atoms with Crippen LogP contribution >= 0.6 is 0 Å². The van der Waals surface area contributed by atoms with Gasteiger partial charge in [-0.05, 0) is 0 Å². The van der Waals surface area contributed by atoms with Gasteiger partial charge in [-0.15, -0.1) is 0 Å². The lowest BCUT2D eigenvalue weighted by Gasteiger charge is -1.99. The van der Waals surface area contributed by atoms with Crippen molar-refractivity contribution in [3.8, 4) is 0 Å². The van der Waals surface area contributed by atoms with Gasteiger partial charge in [-0.25, -0.2) is 4.79 Å². The fourth-order valence-corrected chi connectivity index (χ4v) is 0.0781. The summed E-state index contributed by atoms with van der Waals surface area (Å²) in [5.41, 5.74) is 0. The fourth-order valence-electron chi connectivity index (χ4n) is 0.0781. The average molecular weight is 103 g/mol. The Balaban J connectivity index is 3.55. The van der Waals surface area contributed by atoms with E-state index in [-0.39, 0.29) is 5.06 Å². The molecule has 0 unspecified atom stereocenters. The lowest BCUT2D eigenvalue weighted by Crippen LogP contribution is -2.17. The predicted molar refractivity (Wildman–Crippen MR) is 21.8 cm³/mol. The van der Waals surface area contributed by atoms with Gasteiger partial charge in [0.2, 0.25) is 0 Å². The molecule has 0 aromatic carbocycles. The molecule has 0 rings (SSSR count). The molecule has 0 aromatic rings. The maximum Gasteiger partial charge on any atom is 0.435 e. The number of hydroxylamine groups is 2. The molecule has 0 aliphatic rings. The largest absolute Gasteiger partial charge is 0.463 e. The molecular formula is C3H5NO3. The van der Waals surface area contributed by atoms with E-state index in [1.54, 1.807) is 0 Å². The van der Waals surface area contributed by atoms with Crippen molar-refractivity contribution in [2.24, 2.45) is 0 Å². The SMILES string of the molecule is C=CN(O)C(=O)O. The Hall–Kier alpha value is -1.03. The van der Waals surface area contributed by atoms with Gasteiger partial charge in [0, 0.05) is 6.20 Å². The van der Waals surface area contributed by atoms with Crippen molar-refractivity contribution >= 4 is 6.09 Å². The van der Waals surface area contributed by atoms with Crippen molar-refractivity contribution in [2.75, 3.05) is 0 Å². The van der Waals surface area contributed by atoms with Crippen LogP contribution in [0.3, 0.4) is 0 Å². The second kappa shape index (κ2) is 2.20.